The van der Waals surface area contributed by atoms with E-state index in [4.69, 9.17) is 9.47 Å². The molecule has 1 aliphatic rings. The zero-order valence-corrected chi connectivity index (χ0v) is 11.0. The summed E-state index contributed by atoms with van der Waals surface area (Å²) < 4.78 is 10.9. The first-order valence-corrected chi connectivity index (χ1v) is 6.99. The van der Waals surface area contributed by atoms with Crippen LogP contribution >= 0.6 is 11.3 Å². The smallest absolute Gasteiger partial charge is 0.0972 e. The Morgan fingerprint density at radius 3 is 3.35 bits per heavy atom. The third-order valence-corrected chi connectivity index (χ3v) is 3.90. The van der Waals surface area contributed by atoms with Crippen molar-refractivity contribution in [2.75, 3.05) is 33.4 Å². The Morgan fingerprint density at radius 2 is 2.59 bits per heavy atom. The fourth-order valence-corrected chi connectivity index (χ4v) is 2.95. The van der Waals surface area contributed by atoms with Gasteiger partial charge in [-0.25, -0.2) is 0 Å². The number of thiazole rings is 1. The van der Waals surface area contributed by atoms with Crippen LogP contribution in [0.3, 0.4) is 0 Å². The number of rotatable bonds is 6. The van der Waals surface area contributed by atoms with Gasteiger partial charge in [0.1, 0.15) is 0 Å². The first-order valence-electron chi connectivity index (χ1n) is 6.11. The first kappa shape index (κ1) is 13.0. The second-order valence-electron chi connectivity index (χ2n) is 4.29. The number of nitrogens with zero attached hydrogens (tertiary/aromatic N) is 1. The predicted molar refractivity (Wildman–Crippen MR) is 68.3 cm³/mol. The maximum absolute atomic E-state index is 5.89. The largest absolute Gasteiger partial charge is 0.383 e. The summed E-state index contributed by atoms with van der Waals surface area (Å²) in [5.41, 5.74) is 1.88. The molecule has 0 aliphatic carbocycles. The topological polar surface area (TPSA) is 43.4 Å². The monoisotopic (exact) mass is 256 g/mol. The van der Waals surface area contributed by atoms with Crippen molar-refractivity contribution in [2.45, 2.75) is 18.9 Å². The second kappa shape index (κ2) is 7.06. The molecule has 1 aliphatic heterocycles. The van der Waals surface area contributed by atoms with E-state index in [0.717, 1.165) is 32.7 Å². The minimum atomic E-state index is 0.228. The van der Waals surface area contributed by atoms with E-state index in [-0.39, 0.29) is 6.10 Å². The summed E-state index contributed by atoms with van der Waals surface area (Å²) in [5, 5.41) is 3.43. The lowest BCUT2D eigenvalue weighted by atomic mass is 9.93. The van der Waals surface area contributed by atoms with Crippen molar-refractivity contribution in [2.24, 2.45) is 5.92 Å². The molecular weight excluding hydrogens is 236 g/mol. The Morgan fingerprint density at radius 1 is 1.65 bits per heavy atom. The molecule has 1 aromatic rings. The number of aromatic nitrogens is 1. The molecule has 2 atom stereocenters. The Hall–Kier alpha value is -0.490. The fourth-order valence-electron chi connectivity index (χ4n) is 2.19. The number of ether oxygens (including phenoxy) is 2. The van der Waals surface area contributed by atoms with E-state index in [1.54, 1.807) is 18.4 Å². The van der Waals surface area contributed by atoms with E-state index < -0.39 is 0 Å². The highest BCUT2D eigenvalue weighted by atomic mass is 32.1. The quantitative estimate of drug-likeness (QED) is 0.789. The van der Waals surface area contributed by atoms with Crippen molar-refractivity contribution >= 4 is 11.3 Å². The number of methoxy groups -OCH3 is 1. The number of nitrogens with one attached hydrogen (secondary N) is 1. The summed E-state index contributed by atoms with van der Waals surface area (Å²) in [4.78, 5) is 5.39. The Balaban J connectivity index is 1.84. The maximum Gasteiger partial charge on any atom is 0.0972 e. The Bertz CT molecular complexity index is 305. The molecule has 0 saturated carbocycles. The van der Waals surface area contributed by atoms with Gasteiger partial charge in [0.05, 0.1) is 23.1 Å². The molecule has 96 valence electrons. The average Bonchev–Trinajstić information content (AvgIpc) is 2.89. The van der Waals surface area contributed by atoms with Gasteiger partial charge in [-0.15, -0.1) is 11.3 Å². The van der Waals surface area contributed by atoms with Crippen molar-refractivity contribution in [3.8, 4) is 0 Å². The lowest BCUT2D eigenvalue weighted by Crippen LogP contribution is -2.33. The summed E-state index contributed by atoms with van der Waals surface area (Å²) in [5.74, 6) is 0.557. The first-order chi connectivity index (χ1) is 8.42. The van der Waals surface area contributed by atoms with Gasteiger partial charge in [0.25, 0.3) is 0 Å². The van der Waals surface area contributed by atoms with Crippen LogP contribution in [-0.2, 0) is 9.47 Å². The third kappa shape index (κ3) is 3.74. The lowest BCUT2D eigenvalue weighted by molar-refractivity contribution is -0.0259. The van der Waals surface area contributed by atoms with Crippen molar-refractivity contribution in [1.82, 2.24) is 10.3 Å². The van der Waals surface area contributed by atoms with Crippen LogP contribution in [-0.4, -0.2) is 38.4 Å². The van der Waals surface area contributed by atoms with E-state index in [2.05, 4.69) is 10.3 Å². The lowest BCUT2D eigenvalue weighted by Gasteiger charge is -2.31. The van der Waals surface area contributed by atoms with Gasteiger partial charge >= 0.3 is 0 Å². The van der Waals surface area contributed by atoms with Gasteiger partial charge in [-0.2, -0.15) is 0 Å². The third-order valence-electron chi connectivity index (χ3n) is 3.07. The van der Waals surface area contributed by atoms with Crippen LogP contribution in [0.15, 0.2) is 11.7 Å². The minimum absolute atomic E-state index is 0.228. The van der Waals surface area contributed by atoms with Gasteiger partial charge in [0, 0.05) is 38.9 Å². The van der Waals surface area contributed by atoms with Crippen LogP contribution in [0.5, 0.6) is 0 Å². The summed E-state index contributed by atoms with van der Waals surface area (Å²) in [7, 11) is 1.73. The van der Waals surface area contributed by atoms with Gasteiger partial charge < -0.3 is 14.8 Å². The van der Waals surface area contributed by atoms with Gasteiger partial charge in [0.2, 0.25) is 0 Å². The molecule has 0 radical (unpaired) electrons. The van der Waals surface area contributed by atoms with Crippen LogP contribution < -0.4 is 5.32 Å². The molecule has 17 heavy (non-hydrogen) atoms. The Kier molecular flexibility index (Phi) is 5.38. The highest BCUT2D eigenvalue weighted by Gasteiger charge is 2.28. The van der Waals surface area contributed by atoms with Crippen LogP contribution in [0.1, 0.15) is 23.8 Å². The average molecular weight is 256 g/mol. The molecule has 0 aromatic carbocycles. The number of hydrogen-bond acceptors (Lipinski definition) is 5. The van der Waals surface area contributed by atoms with Crippen molar-refractivity contribution in [3.63, 3.8) is 0 Å². The van der Waals surface area contributed by atoms with E-state index in [0.29, 0.717) is 5.92 Å². The zero-order valence-electron chi connectivity index (χ0n) is 10.2. The minimum Gasteiger partial charge on any atom is -0.383 e. The van der Waals surface area contributed by atoms with Crippen LogP contribution in [0, 0.1) is 5.92 Å². The zero-order chi connectivity index (χ0) is 11.9. The predicted octanol–water partition coefficient (Wildman–Crippen LogP) is 1.85. The normalized spacial score (nSPS) is 25.0. The molecule has 0 bridgehead atoms. The molecule has 0 amide bonds. The van der Waals surface area contributed by atoms with Crippen LogP contribution in [0.4, 0.5) is 0 Å². The van der Waals surface area contributed by atoms with Gasteiger partial charge in [0.15, 0.2) is 0 Å². The van der Waals surface area contributed by atoms with Crippen molar-refractivity contribution < 1.29 is 9.47 Å². The van der Waals surface area contributed by atoms with Gasteiger partial charge in [-0.1, -0.05) is 0 Å². The highest BCUT2D eigenvalue weighted by Crippen LogP contribution is 2.34. The summed E-state index contributed by atoms with van der Waals surface area (Å²) in [6.07, 6.45) is 4.54. The van der Waals surface area contributed by atoms with E-state index in [1.807, 2.05) is 11.7 Å². The SMILES string of the molecule is COCCNCC1CCCOC1c1cncs1. The van der Waals surface area contributed by atoms with Crippen molar-refractivity contribution in [1.29, 1.82) is 0 Å². The molecule has 2 heterocycles. The molecule has 0 spiro atoms. The highest BCUT2D eigenvalue weighted by molar-refractivity contribution is 7.09. The standard InChI is InChI=1S/C12H20N2O2S/c1-15-6-4-13-7-10-3-2-5-16-12(10)11-8-14-9-17-11/h8-10,12-13H,2-7H2,1H3. The molecule has 1 saturated heterocycles. The van der Waals surface area contributed by atoms with E-state index in [9.17, 15) is 0 Å². The maximum atomic E-state index is 5.89. The second-order valence-corrected chi connectivity index (χ2v) is 5.21. The molecular formula is C12H20N2O2S. The molecule has 4 nitrogen and oxygen atoms in total. The number of hydrogen-bond donors (Lipinski definition) is 1. The summed E-state index contributed by atoms with van der Waals surface area (Å²) >= 11 is 1.69. The van der Waals surface area contributed by atoms with Crippen LogP contribution in [0.25, 0.3) is 0 Å². The van der Waals surface area contributed by atoms with Gasteiger partial charge in [-0.05, 0) is 12.8 Å². The fraction of sp³-hybridized carbons (Fsp3) is 0.750. The van der Waals surface area contributed by atoms with Crippen LogP contribution in [0.2, 0.25) is 0 Å². The van der Waals surface area contributed by atoms with E-state index in [1.165, 1.54) is 11.3 Å². The molecule has 2 rings (SSSR count). The van der Waals surface area contributed by atoms with Gasteiger partial charge in [-0.3, -0.25) is 4.98 Å². The Labute approximate surface area is 106 Å². The molecule has 1 N–H and O–H groups in total. The molecule has 2 unspecified atom stereocenters. The molecule has 5 heteroatoms. The van der Waals surface area contributed by atoms with E-state index >= 15 is 0 Å². The molecule has 1 fully saturated rings. The van der Waals surface area contributed by atoms with Crippen molar-refractivity contribution in [3.05, 3.63) is 16.6 Å². The summed E-state index contributed by atoms with van der Waals surface area (Å²) in [6, 6.07) is 0. The summed E-state index contributed by atoms with van der Waals surface area (Å²) in [6.45, 7) is 3.53. The molecule has 1 aromatic heterocycles.